The number of carbonyl (C=O) groups is 1. The zero-order valence-electron chi connectivity index (χ0n) is 8.72. The van der Waals surface area contributed by atoms with Gasteiger partial charge in [0, 0.05) is 10.7 Å². The summed E-state index contributed by atoms with van der Waals surface area (Å²) in [5.74, 6) is -0.344. The van der Waals surface area contributed by atoms with E-state index < -0.39 is 0 Å². The maximum atomic E-state index is 11.8. The number of phenolic OH excluding ortho intramolecular Hbond substituents is 1. The lowest BCUT2D eigenvalue weighted by molar-refractivity contribution is 0.102. The van der Waals surface area contributed by atoms with Crippen LogP contribution in [0, 0.1) is 0 Å². The van der Waals surface area contributed by atoms with Gasteiger partial charge in [-0.05, 0) is 24.3 Å². The minimum Gasteiger partial charge on any atom is -0.506 e. The van der Waals surface area contributed by atoms with Gasteiger partial charge in [0.2, 0.25) is 0 Å². The predicted octanol–water partition coefficient (Wildman–Crippen LogP) is 2.80. The highest BCUT2D eigenvalue weighted by Gasteiger charge is 2.09. The number of halogens is 1. The lowest BCUT2D eigenvalue weighted by atomic mass is 10.2. The fourth-order valence-electron chi connectivity index (χ4n) is 1.29. The summed E-state index contributed by atoms with van der Waals surface area (Å²) in [5, 5.41) is 12.1. The molecule has 17 heavy (non-hydrogen) atoms. The SMILES string of the molecule is O=C(Nc1ccccc1O)c1cc(Br)ccn1. The number of carbonyl (C=O) groups excluding carboxylic acids is 1. The fraction of sp³-hybridized carbons (Fsp3) is 0. The number of hydrogen-bond acceptors (Lipinski definition) is 3. The molecule has 1 aromatic carbocycles. The summed E-state index contributed by atoms with van der Waals surface area (Å²) in [4.78, 5) is 15.8. The average Bonchev–Trinajstić information content (AvgIpc) is 2.32. The molecule has 0 aliphatic carbocycles. The van der Waals surface area contributed by atoms with Crippen LogP contribution >= 0.6 is 15.9 Å². The van der Waals surface area contributed by atoms with E-state index in [-0.39, 0.29) is 17.4 Å². The average molecular weight is 293 g/mol. The van der Waals surface area contributed by atoms with E-state index in [9.17, 15) is 9.90 Å². The van der Waals surface area contributed by atoms with Crippen LogP contribution in [0.15, 0.2) is 47.1 Å². The van der Waals surface area contributed by atoms with Crippen molar-refractivity contribution >= 4 is 27.5 Å². The Labute approximate surface area is 106 Å². The number of para-hydroxylation sites is 2. The molecule has 1 heterocycles. The summed E-state index contributed by atoms with van der Waals surface area (Å²) in [6, 6.07) is 9.87. The molecule has 4 nitrogen and oxygen atoms in total. The number of anilines is 1. The number of aromatic hydroxyl groups is 1. The normalized spacial score (nSPS) is 9.94. The molecule has 5 heteroatoms. The molecule has 0 bridgehead atoms. The molecule has 2 N–H and O–H groups in total. The summed E-state index contributed by atoms with van der Waals surface area (Å²) < 4.78 is 0.773. The zero-order valence-corrected chi connectivity index (χ0v) is 10.3. The first-order valence-electron chi connectivity index (χ1n) is 4.88. The van der Waals surface area contributed by atoms with E-state index in [2.05, 4.69) is 26.2 Å². The van der Waals surface area contributed by atoms with Crippen molar-refractivity contribution in [2.24, 2.45) is 0 Å². The molecule has 0 saturated carbocycles. The van der Waals surface area contributed by atoms with Crippen LogP contribution in [-0.4, -0.2) is 16.0 Å². The van der Waals surface area contributed by atoms with Gasteiger partial charge in [0.15, 0.2) is 0 Å². The van der Waals surface area contributed by atoms with Crippen molar-refractivity contribution < 1.29 is 9.90 Å². The molecule has 2 rings (SSSR count). The summed E-state index contributed by atoms with van der Waals surface area (Å²) >= 11 is 3.26. The van der Waals surface area contributed by atoms with Crippen LogP contribution in [-0.2, 0) is 0 Å². The Bertz CT molecular complexity index is 558. The Morgan fingerprint density at radius 1 is 1.29 bits per heavy atom. The lowest BCUT2D eigenvalue weighted by Crippen LogP contribution is -2.13. The molecule has 0 aliphatic heterocycles. The minimum absolute atomic E-state index is 0.0239. The van der Waals surface area contributed by atoms with Gasteiger partial charge in [-0.15, -0.1) is 0 Å². The van der Waals surface area contributed by atoms with E-state index in [1.54, 1.807) is 30.3 Å². The van der Waals surface area contributed by atoms with Crippen LogP contribution in [0.2, 0.25) is 0 Å². The molecular weight excluding hydrogens is 284 g/mol. The van der Waals surface area contributed by atoms with E-state index in [0.717, 1.165) is 4.47 Å². The predicted molar refractivity (Wildman–Crippen MR) is 68.0 cm³/mol. The monoisotopic (exact) mass is 292 g/mol. The van der Waals surface area contributed by atoms with E-state index in [1.807, 2.05) is 0 Å². The molecule has 0 atom stereocenters. The standard InChI is InChI=1S/C12H9BrN2O2/c13-8-5-6-14-10(7-8)12(17)15-9-3-1-2-4-11(9)16/h1-7,16H,(H,15,17). The maximum absolute atomic E-state index is 11.8. The molecule has 2 aromatic rings. The molecule has 0 fully saturated rings. The summed E-state index contributed by atoms with van der Waals surface area (Å²) in [6.07, 6.45) is 1.53. The van der Waals surface area contributed by atoms with Crippen molar-refractivity contribution in [3.8, 4) is 5.75 Å². The Morgan fingerprint density at radius 2 is 2.06 bits per heavy atom. The molecule has 0 unspecified atom stereocenters. The van der Waals surface area contributed by atoms with Gasteiger partial charge in [-0.25, -0.2) is 0 Å². The number of pyridine rings is 1. The quantitative estimate of drug-likeness (QED) is 0.837. The molecule has 86 valence electrons. The van der Waals surface area contributed by atoms with Crippen LogP contribution in [0.4, 0.5) is 5.69 Å². The molecular formula is C12H9BrN2O2. The topological polar surface area (TPSA) is 62.2 Å². The van der Waals surface area contributed by atoms with Gasteiger partial charge >= 0.3 is 0 Å². The molecule has 1 amide bonds. The van der Waals surface area contributed by atoms with Crippen LogP contribution in [0.1, 0.15) is 10.5 Å². The van der Waals surface area contributed by atoms with Crippen molar-refractivity contribution in [2.75, 3.05) is 5.32 Å². The third kappa shape index (κ3) is 2.82. The Hall–Kier alpha value is -1.88. The van der Waals surface area contributed by atoms with Gasteiger partial charge in [0.05, 0.1) is 5.69 Å². The zero-order chi connectivity index (χ0) is 12.3. The van der Waals surface area contributed by atoms with Crippen molar-refractivity contribution in [3.63, 3.8) is 0 Å². The van der Waals surface area contributed by atoms with Crippen LogP contribution < -0.4 is 5.32 Å². The van der Waals surface area contributed by atoms with Crippen molar-refractivity contribution in [1.82, 2.24) is 4.98 Å². The van der Waals surface area contributed by atoms with Crippen molar-refractivity contribution in [3.05, 3.63) is 52.8 Å². The fourth-order valence-corrected chi connectivity index (χ4v) is 1.63. The maximum Gasteiger partial charge on any atom is 0.274 e. The number of nitrogens with one attached hydrogen (secondary N) is 1. The number of benzene rings is 1. The second kappa shape index (κ2) is 4.97. The number of nitrogens with zero attached hydrogens (tertiary/aromatic N) is 1. The van der Waals surface area contributed by atoms with E-state index in [4.69, 9.17) is 0 Å². The summed E-state index contributed by atoms with van der Waals surface area (Å²) in [7, 11) is 0. The van der Waals surface area contributed by atoms with E-state index >= 15 is 0 Å². The third-order valence-corrected chi connectivity index (χ3v) is 2.60. The van der Waals surface area contributed by atoms with Gasteiger partial charge in [-0.1, -0.05) is 28.1 Å². The number of phenols is 1. The van der Waals surface area contributed by atoms with Crippen LogP contribution in [0.3, 0.4) is 0 Å². The molecule has 1 aromatic heterocycles. The Balaban J connectivity index is 2.20. The lowest BCUT2D eigenvalue weighted by Gasteiger charge is -2.06. The number of amides is 1. The van der Waals surface area contributed by atoms with Crippen LogP contribution in [0.25, 0.3) is 0 Å². The largest absolute Gasteiger partial charge is 0.506 e. The molecule has 0 radical (unpaired) electrons. The molecule has 0 aliphatic rings. The Morgan fingerprint density at radius 3 is 2.76 bits per heavy atom. The Kier molecular flexibility index (Phi) is 3.39. The highest BCUT2D eigenvalue weighted by molar-refractivity contribution is 9.10. The van der Waals surface area contributed by atoms with Gasteiger partial charge in [0.1, 0.15) is 11.4 Å². The van der Waals surface area contributed by atoms with Crippen molar-refractivity contribution in [1.29, 1.82) is 0 Å². The first-order valence-corrected chi connectivity index (χ1v) is 5.67. The summed E-state index contributed by atoms with van der Waals surface area (Å²) in [6.45, 7) is 0. The summed E-state index contributed by atoms with van der Waals surface area (Å²) in [5.41, 5.74) is 0.641. The number of hydrogen-bond donors (Lipinski definition) is 2. The molecule has 0 spiro atoms. The first kappa shape index (κ1) is 11.6. The number of rotatable bonds is 2. The minimum atomic E-state index is -0.368. The smallest absolute Gasteiger partial charge is 0.274 e. The third-order valence-electron chi connectivity index (χ3n) is 2.11. The first-order chi connectivity index (χ1) is 8.16. The van der Waals surface area contributed by atoms with Gasteiger partial charge < -0.3 is 10.4 Å². The van der Waals surface area contributed by atoms with Crippen molar-refractivity contribution in [2.45, 2.75) is 0 Å². The second-order valence-electron chi connectivity index (χ2n) is 3.33. The highest BCUT2D eigenvalue weighted by Crippen LogP contribution is 2.22. The van der Waals surface area contributed by atoms with E-state index in [0.29, 0.717) is 5.69 Å². The highest BCUT2D eigenvalue weighted by atomic mass is 79.9. The van der Waals surface area contributed by atoms with Crippen LogP contribution in [0.5, 0.6) is 5.75 Å². The number of aromatic nitrogens is 1. The molecule has 0 saturated heterocycles. The van der Waals surface area contributed by atoms with Gasteiger partial charge in [-0.2, -0.15) is 0 Å². The van der Waals surface area contributed by atoms with Gasteiger partial charge in [-0.3, -0.25) is 9.78 Å². The van der Waals surface area contributed by atoms with Gasteiger partial charge in [0.25, 0.3) is 5.91 Å². The second-order valence-corrected chi connectivity index (χ2v) is 4.25. The van der Waals surface area contributed by atoms with E-state index in [1.165, 1.54) is 12.3 Å².